The van der Waals surface area contributed by atoms with Crippen molar-refractivity contribution in [1.29, 1.82) is 5.26 Å². The number of hydrogen-bond acceptors (Lipinski definition) is 5. The second kappa shape index (κ2) is 9.59. The second-order valence-corrected chi connectivity index (χ2v) is 6.94. The van der Waals surface area contributed by atoms with Gasteiger partial charge in [0.15, 0.2) is 0 Å². The highest BCUT2D eigenvalue weighted by atomic mass is 16.5. The van der Waals surface area contributed by atoms with Crippen LogP contribution in [0.5, 0.6) is 0 Å². The van der Waals surface area contributed by atoms with Crippen molar-refractivity contribution in [3.8, 4) is 17.4 Å². The zero-order valence-electron chi connectivity index (χ0n) is 17.6. The van der Waals surface area contributed by atoms with Crippen molar-refractivity contribution in [2.75, 3.05) is 11.9 Å². The summed E-state index contributed by atoms with van der Waals surface area (Å²) in [5.41, 5.74) is 3.79. The van der Waals surface area contributed by atoms with Gasteiger partial charge in [0.25, 0.3) is 5.91 Å². The number of carbonyl (C=O) groups excluding carboxylic acids is 2. The van der Waals surface area contributed by atoms with Gasteiger partial charge in [-0.1, -0.05) is 29.8 Å². The van der Waals surface area contributed by atoms with Gasteiger partial charge in [-0.05, 0) is 56.7 Å². The highest BCUT2D eigenvalue weighted by Gasteiger charge is 2.13. The predicted molar refractivity (Wildman–Crippen MR) is 118 cm³/mol. The van der Waals surface area contributed by atoms with Crippen molar-refractivity contribution in [1.82, 2.24) is 0 Å². The van der Waals surface area contributed by atoms with Gasteiger partial charge in [-0.25, -0.2) is 4.79 Å². The van der Waals surface area contributed by atoms with Crippen molar-refractivity contribution in [3.63, 3.8) is 0 Å². The van der Waals surface area contributed by atoms with Gasteiger partial charge in [0, 0.05) is 17.3 Å². The van der Waals surface area contributed by atoms with Crippen molar-refractivity contribution in [2.45, 2.75) is 20.8 Å². The van der Waals surface area contributed by atoms with Crippen LogP contribution in [0.1, 0.15) is 34.2 Å². The molecule has 3 rings (SSSR count). The average Bonchev–Trinajstić information content (AvgIpc) is 3.23. The number of esters is 1. The van der Waals surface area contributed by atoms with E-state index in [0.717, 1.165) is 16.7 Å². The average molecular weight is 414 g/mol. The standard InChI is InChI=1S/C25H22N2O4/c1-4-30-25(29)19-8-6-18(7-9-19)23-12-10-21(31-23)14-20(15-26)24(28)27-22-11-5-16(2)13-17(22)3/h5-14H,4H2,1-3H3,(H,27,28)/b20-14-. The van der Waals surface area contributed by atoms with Crippen LogP contribution in [0, 0.1) is 25.2 Å². The molecule has 1 amide bonds. The number of rotatable bonds is 6. The summed E-state index contributed by atoms with van der Waals surface area (Å²) in [6.45, 7) is 5.93. The molecule has 0 saturated carbocycles. The van der Waals surface area contributed by atoms with Gasteiger partial charge < -0.3 is 14.5 Å². The van der Waals surface area contributed by atoms with Crippen molar-refractivity contribution in [3.05, 3.63) is 82.6 Å². The van der Waals surface area contributed by atoms with E-state index in [9.17, 15) is 14.9 Å². The van der Waals surface area contributed by atoms with Gasteiger partial charge in [0.2, 0.25) is 0 Å². The Hall–Kier alpha value is -4.11. The van der Waals surface area contributed by atoms with Crippen molar-refractivity contribution in [2.24, 2.45) is 0 Å². The molecule has 1 aromatic heterocycles. The lowest BCUT2D eigenvalue weighted by Crippen LogP contribution is -2.14. The summed E-state index contributed by atoms with van der Waals surface area (Å²) < 4.78 is 10.7. The van der Waals surface area contributed by atoms with Crippen molar-refractivity contribution < 1.29 is 18.7 Å². The fourth-order valence-electron chi connectivity index (χ4n) is 3.00. The molecule has 6 nitrogen and oxygen atoms in total. The monoisotopic (exact) mass is 414 g/mol. The maximum atomic E-state index is 12.5. The van der Waals surface area contributed by atoms with E-state index in [1.165, 1.54) is 6.08 Å². The van der Waals surface area contributed by atoms with Crippen LogP contribution in [0.4, 0.5) is 5.69 Å². The summed E-state index contributed by atoms with van der Waals surface area (Å²) in [5.74, 6) is 0.0299. The second-order valence-electron chi connectivity index (χ2n) is 6.94. The number of carbonyl (C=O) groups is 2. The zero-order chi connectivity index (χ0) is 22.4. The Balaban J connectivity index is 1.76. The molecule has 1 N–H and O–H groups in total. The minimum atomic E-state index is -0.508. The predicted octanol–water partition coefficient (Wildman–Crippen LogP) is 5.29. The van der Waals surface area contributed by atoms with Gasteiger partial charge in [0.1, 0.15) is 23.2 Å². The summed E-state index contributed by atoms with van der Waals surface area (Å²) in [6, 6.07) is 17.8. The third-order valence-electron chi connectivity index (χ3n) is 4.59. The van der Waals surface area contributed by atoms with Gasteiger partial charge in [-0.15, -0.1) is 0 Å². The molecule has 156 valence electrons. The van der Waals surface area contributed by atoms with Gasteiger partial charge >= 0.3 is 5.97 Å². The molecule has 0 bridgehead atoms. The number of ether oxygens (including phenoxy) is 1. The summed E-state index contributed by atoms with van der Waals surface area (Å²) in [7, 11) is 0. The first-order valence-corrected chi connectivity index (χ1v) is 9.79. The molecule has 1 heterocycles. The van der Waals surface area contributed by atoms with E-state index in [1.54, 1.807) is 43.3 Å². The maximum absolute atomic E-state index is 12.5. The number of nitrogens with zero attached hydrogens (tertiary/aromatic N) is 1. The highest BCUT2D eigenvalue weighted by Crippen LogP contribution is 2.24. The smallest absolute Gasteiger partial charge is 0.338 e. The van der Waals surface area contributed by atoms with Crippen LogP contribution in [-0.2, 0) is 9.53 Å². The van der Waals surface area contributed by atoms with Crippen LogP contribution in [0.25, 0.3) is 17.4 Å². The molecule has 0 radical (unpaired) electrons. The number of amides is 1. The molecule has 31 heavy (non-hydrogen) atoms. The van der Waals surface area contributed by atoms with E-state index in [1.807, 2.05) is 38.1 Å². The Morgan fingerprint density at radius 2 is 1.84 bits per heavy atom. The largest absolute Gasteiger partial charge is 0.462 e. The summed E-state index contributed by atoms with van der Waals surface area (Å²) in [5, 5.41) is 12.2. The minimum Gasteiger partial charge on any atom is -0.462 e. The number of benzene rings is 2. The molecule has 2 aromatic carbocycles. The Morgan fingerprint density at radius 1 is 1.10 bits per heavy atom. The van der Waals surface area contributed by atoms with E-state index in [4.69, 9.17) is 9.15 Å². The van der Waals surface area contributed by atoms with Gasteiger partial charge in [-0.2, -0.15) is 5.26 Å². The fourth-order valence-corrected chi connectivity index (χ4v) is 3.00. The molecule has 0 aliphatic heterocycles. The van der Waals surface area contributed by atoms with Gasteiger partial charge in [-0.3, -0.25) is 4.79 Å². The molecule has 0 spiro atoms. The zero-order valence-corrected chi connectivity index (χ0v) is 17.6. The van der Waals surface area contributed by atoms with E-state index >= 15 is 0 Å². The lowest BCUT2D eigenvalue weighted by atomic mass is 10.1. The first-order valence-electron chi connectivity index (χ1n) is 9.79. The molecule has 0 aliphatic carbocycles. The number of nitrogens with one attached hydrogen (secondary N) is 1. The normalized spacial score (nSPS) is 11.0. The Labute approximate surface area is 180 Å². The van der Waals surface area contributed by atoms with E-state index in [2.05, 4.69) is 5.32 Å². The lowest BCUT2D eigenvalue weighted by molar-refractivity contribution is -0.112. The molecule has 0 unspecified atom stereocenters. The van der Waals surface area contributed by atoms with E-state index in [-0.39, 0.29) is 11.5 Å². The summed E-state index contributed by atoms with van der Waals surface area (Å²) >= 11 is 0. The summed E-state index contributed by atoms with van der Waals surface area (Å²) in [6.07, 6.45) is 1.40. The molecule has 0 fully saturated rings. The summed E-state index contributed by atoms with van der Waals surface area (Å²) in [4.78, 5) is 24.3. The lowest BCUT2D eigenvalue weighted by Gasteiger charge is -2.08. The molecular weight excluding hydrogens is 392 g/mol. The number of anilines is 1. The quantitative estimate of drug-likeness (QED) is 0.336. The van der Waals surface area contributed by atoms with Crippen LogP contribution < -0.4 is 5.32 Å². The molecule has 3 aromatic rings. The van der Waals surface area contributed by atoms with E-state index in [0.29, 0.717) is 29.4 Å². The fraction of sp³-hybridized carbons (Fsp3) is 0.160. The first kappa shape index (κ1) is 21.6. The molecule has 0 saturated heterocycles. The SMILES string of the molecule is CCOC(=O)c1ccc(-c2ccc(/C=C(/C#N)C(=O)Nc3ccc(C)cc3C)o2)cc1. The molecule has 0 aliphatic rings. The van der Waals surface area contributed by atoms with Crippen LogP contribution in [0.2, 0.25) is 0 Å². The molecule has 0 atom stereocenters. The number of furan rings is 1. The third kappa shape index (κ3) is 5.28. The number of hydrogen-bond donors (Lipinski definition) is 1. The maximum Gasteiger partial charge on any atom is 0.338 e. The highest BCUT2D eigenvalue weighted by molar-refractivity contribution is 6.09. The minimum absolute atomic E-state index is 0.0708. The molecular formula is C25H22N2O4. The number of nitriles is 1. The Kier molecular flexibility index (Phi) is 6.68. The van der Waals surface area contributed by atoms with Crippen LogP contribution in [-0.4, -0.2) is 18.5 Å². The molecule has 6 heteroatoms. The van der Waals surface area contributed by atoms with Gasteiger partial charge in [0.05, 0.1) is 12.2 Å². The Morgan fingerprint density at radius 3 is 2.48 bits per heavy atom. The third-order valence-corrected chi connectivity index (χ3v) is 4.59. The van der Waals surface area contributed by atoms with Crippen LogP contribution >= 0.6 is 0 Å². The van der Waals surface area contributed by atoms with Crippen LogP contribution in [0.15, 0.2) is 64.6 Å². The van der Waals surface area contributed by atoms with Crippen molar-refractivity contribution >= 4 is 23.6 Å². The van der Waals surface area contributed by atoms with E-state index < -0.39 is 5.91 Å². The first-order chi connectivity index (χ1) is 14.9. The number of aryl methyl sites for hydroxylation is 2. The topological polar surface area (TPSA) is 92.3 Å². The van der Waals surface area contributed by atoms with Crippen LogP contribution in [0.3, 0.4) is 0 Å². The Bertz CT molecular complexity index is 1180.